The molecule has 116 valence electrons. The van der Waals surface area contributed by atoms with Crippen LogP contribution in [-0.4, -0.2) is 61.3 Å². The zero-order valence-electron chi connectivity index (χ0n) is 12.2. The highest BCUT2D eigenvalue weighted by molar-refractivity contribution is 8.00. The van der Waals surface area contributed by atoms with Crippen LogP contribution in [-0.2, 0) is 11.3 Å². The molecule has 1 aromatic rings. The molecule has 2 N–H and O–H groups in total. The maximum absolute atomic E-state index is 12.6. The number of aliphatic carboxylic acids is 1. The number of carbonyl (C=O) groups is 2. The summed E-state index contributed by atoms with van der Waals surface area (Å²) in [4.78, 5) is 27.0. The number of aromatic amines is 1. The number of amides is 2. The van der Waals surface area contributed by atoms with Crippen LogP contribution >= 0.6 is 11.8 Å². The predicted molar refractivity (Wildman–Crippen MR) is 79.9 cm³/mol. The van der Waals surface area contributed by atoms with Crippen LogP contribution in [0.3, 0.4) is 0 Å². The normalized spacial score (nSPS) is 21.5. The Morgan fingerprint density at radius 3 is 2.95 bits per heavy atom. The van der Waals surface area contributed by atoms with Crippen molar-refractivity contribution in [1.82, 2.24) is 20.0 Å². The number of thioether (sulfide) groups is 1. The smallest absolute Gasteiger partial charge is 0.327 e. The Bertz CT molecular complexity index is 494. The van der Waals surface area contributed by atoms with Crippen molar-refractivity contribution in [3.8, 4) is 0 Å². The van der Waals surface area contributed by atoms with Crippen molar-refractivity contribution in [2.45, 2.75) is 37.7 Å². The molecule has 1 fully saturated rings. The monoisotopic (exact) mass is 312 g/mol. The first-order chi connectivity index (χ1) is 10.0. The Balaban J connectivity index is 2.10. The fourth-order valence-corrected chi connectivity index (χ4v) is 3.89. The number of carboxylic acids is 1. The van der Waals surface area contributed by atoms with E-state index in [2.05, 4.69) is 10.2 Å². The van der Waals surface area contributed by atoms with Crippen molar-refractivity contribution in [2.75, 3.05) is 12.8 Å². The summed E-state index contributed by atoms with van der Waals surface area (Å²) in [6, 6.07) is -0.988. The first-order valence-electron chi connectivity index (χ1n) is 6.90. The van der Waals surface area contributed by atoms with E-state index in [1.54, 1.807) is 31.2 Å². The van der Waals surface area contributed by atoms with E-state index in [9.17, 15) is 14.7 Å². The van der Waals surface area contributed by atoms with Gasteiger partial charge in [0.15, 0.2) is 0 Å². The molecule has 0 saturated carbocycles. The fraction of sp³-hybridized carbons (Fsp3) is 0.615. The van der Waals surface area contributed by atoms with Gasteiger partial charge < -0.3 is 10.0 Å². The molecule has 2 heterocycles. The molecule has 0 radical (unpaired) electrons. The average Bonchev–Trinajstić information content (AvgIpc) is 3.07. The van der Waals surface area contributed by atoms with E-state index in [1.807, 2.05) is 6.92 Å². The van der Waals surface area contributed by atoms with Gasteiger partial charge in [-0.15, -0.1) is 11.8 Å². The van der Waals surface area contributed by atoms with E-state index in [0.29, 0.717) is 12.3 Å². The summed E-state index contributed by atoms with van der Waals surface area (Å²) in [5.74, 6) is -0.489. The molecule has 2 unspecified atom stereocenters. The minimum atomic E-state index is -0.939. The Morgan fingerprint density at radius 1 is 1.62 bits per heavy atom. The molecule has 2 rings (SSSR count). The Labute approximate surface area is 127 Å². The lowest BCUT2D eigenvalue weighted by Crippen LogP contribution is -2.50. The summed E-state index contributed by atoms with van der Waals surface area (Å²) in [5.41, 5.74) is 0.886. The van der Waals surface area contributed by atoms with E-state index in [-0.39, 0.29) is 11.4 Å². The number of carbonyl (C=O) groups excluding carboxylic acids is 1. The molecule has 0 bridgehead atoms. The zero-order chi connectivity index (χ0) is 15.4. The number of hydrogen-bond donors (Lipinski definition) is 2. The summed E-state index contributed by atoms with van der Waals surface area (Å²) in [7, 11) is 1.68. The Kier molecular flexibility index (Phi) is 5.11. The van der Waals surface area contributed by atoms with Gasteiger partial charge in [0, 0.05) is 24.6 Å². The Morgan fingerprint density at radius 2 is 2.38 bits per heavy atom. The van der Waals surface area contributed by atoms with E-state index in [4.69, 9.17) is 0 Å². The third kappa shape index (κ3) is 3.49. The van der Waals surface area contributed by atoms with Crippen molar-refractivity contribution >= 4 is 23.8 Å². The summed E-state index contributed by atoms with van der Waals surface area (Å²) in [6.07, 6.45) is 5.10. The maximum Gasteiger partial charge on any atom is 0.327 e. The second-order valence-electron chi connectivity index (χ2n) is 5.08. The van der Waals surface area contributed by atoms with Gasteiger partial charge in [0.1, 0.15) is 6.04 Å². The van der Waals surface area contributed by atoms with Crippen molar-refractivity contribution < 1.29 is 14.7 Å². The molecule has 1 aliphatic heterocycles. The summed E-state index contributed by atoms with van der Waals surface area (Å²) in [6.45, 7) is 2.44. The van der Waals surface area contributed by atoms with E-state index >= 15 is 0 Å². The van der Waals surface area contributed by atoms with Crippen LogP contribution in [0.4, 0.5) is 4.79 Å². The standard InChI is InChI=1S/C13H20N4O3S/c1-3-4-11-17(10(8-21-11)12(18)19)13(20)16(2)7-9-5-14-15-6-9/h5-6,10-11H,3-4,7-8H2,1-2H3,(H,14,15)(H,18,19). The van der Waals surface area contributed by atoms with E-state index in [1.165, 1.54) is 9.80 Å². The molecule has 21 heavy (non-hydrogen) atoms. The second-order valence-corrected chi connectivity index (χ2v) is 6.29. The number of H-pyrrole nitrogens is 1. The van der Waals surface area contributed by atoms with Crippen LogP contribution in [0.15, 0.2) is 12.4 Å². The van der Waals surface area contributed by atoms with Crippen LogP contribution in [0, 0.1) is 0 Å². The number of urea groups is 1. The van der Waals surface area contributed by atoms with Gasteiger partial charge in [0.2, 0.25) is 0 Å². The van der Waals surface area contributed by atoms with Gasteiger partial charge in [0.25, 0.3) is 0 Å². The van der Waals surface area contributed by atoms with E-state index in [0.717, 1.165) is 18.4 Å². The van der Waals surface area contributed by atoms with Gasteiger partial charge in [-0.3, -0.25) is 10.00 Å². The maximum atomic E-state index is 12.6. The van der Waals surface area contributed by atoms with Crippen LogP contribution in [0.1, 0.15) is 25.3 Å². The highest BCUT2D eigenvalue weighted by Crippen LogP contribution is 2.33. The fourth-order valence-electron chi connectivity index (χ4n) is 2.38. The van der Waals surface area contributed by atoms with Gasteiger partial charge in [-0.1, -0.05) is 13.3 Å². The largest absolute Gasteiger partial charge is 0.480 e. The molecule has 0 aliphatic carbocycles. The third-order valence-corrected chi connectivity index (χ3v) is 4.79. The van der Waals surface area contributed by atoms with Crippen molar-refractivity contribution in [2.24, 2.45) is 0 Å². The summed E-state index contributed by atoms with van der Waals surface area (Å²) in [5, 5.41) is 15.8. The second kappa shape index (κ2) is 6.84. The molecular weight excluding hydrogens is 292 g/mol. The SMILES string of the molecule is CCCC1SCC(C(=O)O)N1C(=O)N(C)Cc1cn[nH]c1. The number of nitrogens with zero attached hydrogens (tertiary/aromatic N) is 3. The average molecular weight is 312 g/mol. The number of carboxylic acid groups (broad SMARTS) is 1. The number of hydrogen-bond acceptors (Lipinski definition) is 4. The first kappa shape index (κ1) is 15.7. The van der Waals surface area contributed by atoms with E-state index < -0.39 is 12.0 Å². The number of aromatic nitrogens is 2. The molecule has 0 spiro atoms. The molecule has 0 aromatic carbocycles. The third-order valence-electron chi connectivity index (χ3n) is 3.44. The summed E-state index contributed by atoms with van der Waals surface area (Å²) < 4.78 is 0. The molecule has 7 nitrogen and oxygen atoms in total. The summed E-state index contributed by atoms with van der Waals surface area (Å²) >= 11 is 1.54. The van der Waals surface area contributed by atoms with Gasteiger partial charge in [-0.05, 0) is 6.42 Å². The van der Waals surface area contributed by atoms with Crippen molar-refractivity contribution in [3.63, 3.8) is 0 Å². The van der Waals surface area contributed by atoms with Gasteiger partial charge in [-0.25, -0.2) is 9.59 Å². The Hall–Kier alpha value is -1.70. The van der Waals surface area contributed by atoms with Gasteiger partial charge in [-0.2, -0.15) is 5.10 Å². The quantitative estimate of drug-likeness (QED) is 0.862. The zero-order valence-corrected chi connectivity index (χ0v) is 13.0. The minimum Gasteiger partial charge on any atom is -0.480 e. The molecule has 1 saturated heterocycles. The van der Waals surface area contributed by atoms with Gasteiger partial charge >= 0.3 is 12.0 Å². The molecule has 1 aromatic heterocycles. The van der Waals surface area contributed by atoms with Crippen LogP contribution in [0.5, 0.6) is 0 Å². The number of nitrogens with one attached hydrogen (secondary N) is 1. The first-order valence-corrected chi connectivity index (χ1v) is 7.95. The lowest BCUT2D eigenvalue weighted by Gasteiger charge is -2.31. The lowest BCUT2D eigenvalue weighted by molar-refractivity contribution is -0.141. The lowest BCUT2D eigenvalue weighted by atomic mass is 10.2. The van der Waals surface area contributed by atoms with Gasteiger partial charge in [0.05, 0.1) is 18.1 Å². The highest BCUT2D eigenvalue weighted by atomic mass is 32.2. The molecular formula is C13H20N4O3S. The molecule has 8 heteroatoms. The van der Waals surface area contributed by atoms with Crippen molar-refractivity contribution in [1.29, 1.82) is 0 Å². The van der Waals surface area contributed by atoms with Crippen LogP contribution < -0.4 is 0 Å². The highest BCUT2D eigenvalue weighted by Gasteiger charge is 2.42. The van der Waals surface area contributed by atoms with Crippen molar-refractivity contribution in [3.05, 3.63) is 18.0 Å². The van der Waals surface area contributed by atoms with Crippen LogP contribution in [0.25, 0.3) is 0 Å². The number of rotatable bonds is 5. The van der Waals surface area contributed by atoms with Crippen LogP contribution in [0.2, 0.25) is 0 Å². The predicted octanol–water partition coefficient (Wildman–Crippen LogP) is 1.59. The molecule has 2 atom stereocenters. The topological polar surface area (TPSA) is 89.5 Å². The molecule has 2 amide bonds. The molecule has 1 aliphatic rings. The minimum absolute atomic E-state index is 0.0598.